The number of nitrogens with one attached hydrogen (secondary N) is 1. The Labute approximate surface area is 130 Å². The van der Waals surface area contributed by atoms with Gasteiger partial charge in [-0.05, 0) is 42.6 Å². The number of rotatable bonds is 3. The van der Waals surface area contributed by atoms with Crippen molar-refractivity contribution in [1.82, 2.24) is 9.78 Å². The summed E-state index contributed by atoms with van der Waals surface area (Å²) >= 11 is 1.21. The van der Waals surface area contributed by atoms with Crippen molar-refractivity contribution in [2.45, 2.75) is 6.92 Å². The minimum atomic E-state index is -0.947. The molecule has 0 saturated heterocycles. The number of carbonyl (C=O) groups is 2. The van der Waals surface area contributed by atoms with E-state index in [-0.39, 0.29) is 10.8 Å². The zero-order chi connectivity index (χ0) is 15.9. The van der Waals surface area contributed by atoms with Crippen molar-refractivity contribution in [3.8, 4) is 0 Å². The van der Waals surface area contributed by atoms with Crippen LogP contribution in [0.5, 0.6) is 0 Å². The molecule has 112 valence electrons. The van der Waals surface area contributed by atoms with Crippen LogP contribution in [0.15, 0.2) is 30.3 Å². The van der Waals surface area contributed by atoms with Crippen LogP contribution in [0.4, 0.5) is 5.69 Å². The molecule has 6 nitrogen and oxygen atoms in total. The first-order chi connectivity index (χ1) is 10.4. The molecule has 0 spiro atoms. The maximum absolute atomic E-state index is 12.2. The van der Waals surface area contributed by atoms with Gasteiger partial charge in [0, 0.05) is 17.4 Å². The van der Waals surface area contributed by atoms with Crippen LogP contribution in [-0.2, 0) is 7.05 Å². The molecule has 1 aromatic carbocycles. The first-order valence-electron chi connectivity index (χ1n) is 6.53. The van der Waals surface area contributed by atoms with E-state index in [2.05, 4.69) is 10.4 Å². The highest BCUT2D eigenvalue weighted by atomic mass is 32.1. The van der Waals surface area contributed by atoms with Crippen molar-refractivity contribution in [2.24, 2.45) is 7.05 Å². The van der Waals surface area contributed by atoms with E-state index >= 15 is 0 Å². The molecule has 2 heterocycles. The van der Waals surface area contributed by atoms with E-state index in [1.165, 1.54) is 16.0 Å². The molecule has 1 amide bonds. The fraction of sp³-hybridized carbons (Fsp3) is 0.133. The van der Waals surface area contributed by atoms with Gasteiger partial charge >= 0.3 is 5.97 Å². The summed E-state index contributed by atoms with van der Waals surface area (Å²) in [6.07, 6.45) is 0. The van der Waals surface area contributed by atoms with Gasteiger partial charge in [-0.1, -0.05) is 0 Å². The monoisotopic (exact) mass is 315 g/mol. The number of hydrogen-bond acceptors (Lipinski definition) is 4. The first-order valence-corrected chi connectivity index (χ1v) is 7.34. The molecule has 3 aromatic rings. The Morgan fingerprint density at radius 2 is 2.05 bits per heavy atom. The van der Waals surface area contributed by atoms with Gasteiger partial charge in [0.1, 0.15) is 10.6 Å². The minimum absolute atomic E-state index is 0.254. The van der Waals surface area contributed by atoms with Gasteiger partial charge < -0.3 is 10.4 Å². The molecule has 3 rings (SSSR count). The van der Waals surface area contributed by atoms with Crippen LogP contribution in [0.1, 0.15) is 25.9 Å². The Hall–Kier alpha value is -2.67. The molecule has 7 heteroatoms. The van der Waals surface area contributed by atoms with E-state index in [1.54, 1.807) is 37.4 Å². The van der Waals surface area contributed by atoms with E-state index in [1.807, 2.05) is 6.92 Å². The number of benzene rings is 1. The Morgan fingerprint density at radius 3 is 2.68 bits per heavy atom. The van der Waals surface area contributed by atoms with E-state index < -0.39 is 5.97 Å². The molecule has 0 radical (unpaired) electrons. The molecule has 22 heavy (non-hydrogen) atoms. The van der Waals surface area contributed by atoms with Crippen LogP contribution < -0.4 is 5.32 Å². The second kappa shape index (κ2) is 5.27. The average molecular weight is 315 g/mol. The zero-order valence-corrected chi connectivity index (χ0v) is 12.8. The van der Waals surface area contributed by atoms with Gasteiger partial charge in [-0.15, -0.1) is 11.3 Å². The van der Waals surface area contributed by atoms with Crippen molar-refractivity contribution in [3.63, 3.8) is 0 Å². The standard InChI is InChI=1S/C15H13N3O3S/c1-8-5-11(18(2)17-8)14(19)16-10-3-4-12-9(6-10)7-13(22-12)15(20)21/h3-7H,1-2H3,(H,16,19)(H,20,21). The van der Waals surface area contributed by atoms with Gasteiger partial charge in [-0.25, -0.2) is 4.79 Å². The summed E-state index contributed by atoms with van der Waals surface area (Å²) in [5.41, 5.74) is 1.85. The summed E-state index contributed by atoms with van der Waals surface area (Å²) in [6.45, 7) is 1.82. The number of aromatic nitrogens is 2. The number of carboxylic acid groups (broad SMARTS) is 1. The first kappa shape index (κ1) is 14.3. The van der Waals surface area contributed by atoms with Crippen LogP contribution in [0.3, 0.4) is 0 Å². The molecule has 0 aliphatic carbocycles. The number of hydrogen-bond donors (Lipinski definition) is 2. The van der Waals surface area contributed by atoms with Crippen molar-refractivity contribution in [1.29, 1.82) is 0 Å². The molecular formula is C15H13N3O3S. The summed E-state index contributed by atoms with van der Waals surface area (Å²) in [6, 6.07) is 8.63. The topological polar surface area (TPSA) is 84.2 Å². The quantitative estimate of drug-likeness (QED) is 0.778. The summed E-state index contributed by atoms with van der Waals surface area (Å²) in [4.78, 5) is 23.5. The predicted molar refractivity (Wildman–Crippen MR) is 84.7 cm³/mol. The summed E-state index contributed by atoms with van der Waals surface area (Å²) in [7, 11) is 1.71. The average Bonchev–Trinajstić information content (AvgIpc) is 3.01. The van der Waals surface area contributed by atoms with Gasteiger partial charge in [0.25, 0.3) is 5.91 Å². The van der Waals surface area contributed by atoms with Gasteiger partial charge in [-0.2, -0.15) is 5.10 Å². The zero-order valence-electron chi connectivity index (χ0n) is 12.0. The molecule has 0 unspecified atom stereocenters. The number of carbonyl (C=O) groups excluding carboxylic acids is 1. The van der Waals surface area contributed by atoms with Crippen LogP contribution >= 0.6 is 11.3 Å². The van der Waals surface area contributed by atoms with Gasteiger partial charge in [0.15, 0.2) is 0 Å². The fourth-order valence-corrected chi connectivity index (χ4v) is 3.13. The number of fused-ring (bicyclic) bond motifs is 1. The third kappa shape index (κ3) is 2.58. The smallest absolute Gasteiger partial charge is 0.345 e. The SMILES string of the molecule is Cc1cc(C(=O)Nc2ccc3sc(C(=O)O)cc3c2)n(C)n1. The van der Waals surface area contributed by atoms with Gasteiger partial charge in [0.05, 0.1) is 5.69 Å². The Kier molecular flexibility index (Phi) is 3.42. The number of amides is 1. The highest BCUT2D eigenvalue weighted by Gasteiger charge is 2.13. The lowest BCUT2D eigenvalue weighted by molar-refractivity contribution is 0.0702. The molecule has 2 N–H and O–H groups in total. The van der Waals surface area contributed by atoms with Crippen LogP contribution in [0.25, 0.3) is 10.1 Å². The van der Waals surface area contributed by atoms with E-state index in [0.717, 1.165) is 15.8 Å². The van der Waals surface area contributed by atoms with Crippen LogP contribution in [0.2, 0.25) is 0 Å². The number of anilines is 1. The van der Waals surface area contributed by atoms with Crippen molar-refractivity contribution < 1.29 is 14.7 Å². The number of aromatic carboxylic acids is 1. The second-order valence-corrected chi connectivity index (χ2v) is 6.00. The lowest BCUT2D eigenvalue weighted by Gasteiger charge is -2.05. The molecule has 0 fully saturated rings. The Balaban J connectivity index is 1.89. The molecule has 0 saturated carbocycles. The summed E-state index contributed by atoms with van der Waals surface area (Å²) < 4.78 is 2.39. The number of nitrogens with zero attached hydrogens (tertiary/aromatic N) is 2. The molecular weight excluding hydrogens is 302 g/mol. The Bertz CT molecular complexity index is 895. The van der Waals surface area contributed by atoms with Gasteiger partial charge in [0.2, 0.25) is 0 Å². The second-order valence-electron chi connectivity index (χ2n) is 4.92. The number of aryl methyl sites for hydroxylation is 2. The largest absolute Gasteiger partial charge is 0.477 e. The fourth-order valence-electron chi connectivity index (χ4n) is 2.24. The number of carboxylic acids is 1. The van der Waals surface area contributed by atoms with Crippen LogP contribution in [0, 0.1) is 6.92 Å². The Morgan fingerprint density at radius 1 is 1.27 bits per heavy atom. The van der Waals surface area contributed by atoms with Crippen molar-refractivity contribution in [3.05, 3.63) is 46.6 Å². The molecule has 2 aromatic heterocycles. The minimum Gasteiger partial charge on any atom is -0.477 e. The lowest BCUT2D eigenvalue weighted by Crippen LogP contribution is -2.15. The van der Waals surface area contributed by atoms with Crippen LogP contribution in [-0.4, -0.2) is 26.8 Å². The van der Waals surface area contributed by atoms with Gasteiger partial charge in [-0.3, -0.25) is 9.48 Å². The third-order valence-electron chi connectivity index (χ3n) is 3.22. The van der Waals surface area contributed by atoms with Crippen molar-refractivity contribution in [2.75, 3.05) is 5.32 Å². The molecule has 0 bridgehead atoms. The molecule has 0 atom stereocenters. The lowest BCUT2D eigenvalue weighted by atomic mass is 10.2. The maximum atomic E-state index is 12.2. The predicted octanol–water partition coefficient (Wildman–Crippen LogP) is 2.89. The van der Waals surface area contributed by atoms with E-state index in [0.29, 0.717) is 11.4 Å². The highest BCUT2D eigenvalue weighted by molar-refractivity contribution is 7.20. The third-order valence-corrected chi connectivity index (χ3v) is 4.32. The normalized spacial score (nSPS) is 10.8. The van der Waals surface area contributed by atoms with E-state index in [4.69, 9.17) is 5.11 Å². The molecule has 0 aliphatic heterocycles. The summed E-state index contributed by atoms with van der Waals surface area (Å²) in [5.74, 6) is -1.20. The maximum Gasteiger partial charge on any atom is 0.345 e. The highest BCUT2D eigenvalue weighted by Crippen LogP contribution is 2.28. The van der Waals surface area contributed by atoms with E-state index in [9.17, 15) is 9.59 Å². The van der Waals surface area contributed by atoms with Crippen molar-refractivity contribution >= 4 is 39.0 Å². The molecule has 0 aliphatic rings. The number of thiophene rings is 1. The summed E-state index contributed by atoms with van der Waals surface area (Å²) in [5, 5.41) is 16.7.